The van der Waals surface area contributed by atoms with Gasteiger partial charge in [-0.2, -0.15) is 0 Å². The number of carbonyl (C=O) groups is 2. The van der Waals surface area contributed by atoms with Gasteiger partial charge in [0.2, 0.25) is 11.7 Å². The van der Waals surface area contributed by atoms with Crippen molar-refractivity contribution in [3.63, 3.8) is 0 Å². The molecule has 1 aliphatic carbocycles. The number of fused-ring (bicyclic) bond motifs is 1. The number of hydrogen-bond acceptors (Lipinski definition) is 8. The third kappa shape index (κ3) is 5.93. The first-order valence-corrected chi connectivity index (χ1v) is 16.0. The summed E-state index contributed by atoms with van der Waals surface area (Å²) in [6.45, 7) is 1.36. The van der Waals surface area contributed by atoms with E-state index in [0.717, 1.165) is 0 Å². The molecule has 0 bridgehead atoms. The van der Waals surface area contributed by atoms with Crippen molar-refractivity contribution < 1.29 is 24.4 Å². The average Bonchev–Trinajstić information content (AvgIpc) is 3.77. The van der Waals surface area contributed by atoms with Crippen LogP contribution in [0.2, 0.25) is 0 Å². The Morgan fingerprint density at radius 1 is 1.08 bits per heavy atom. The van der Waals surface area contributed by atoms with Crippen molar-refractivity contribution in [2.75, 3.05) is 10.6 Å². The zero-order chi connectivity index (χ0) is 33.7. The summed E-state index contributed by atoms with van der Waals surface area (Å²) in [4.78, 5) is 54.3. The quantitative estimate of drug-likeness (QED) is 0.171. The van der Waals surface area contributed by atoms with Gasteiger partial charge < -0.3 is 15.7 Å². The van der Waals surface area contributed by atoms with E-state index in [1.165, 1.54) is 50.3 Å². The Kier molecular flexibility index (Phi) is 8.00. The minimum atomic E-state index is -0.624. The highest BCUT2D eigenvalue weighted by Crippen LogP contribution is 2.32. The van der Waals surface area contributed by atoms with Crippen LogP contribution in [-0.4, -0.2) is 41.0 Å². The number of nitrogens with zero attached hydrogens (tertiary/aromatic N) is 5. The maximum atomic E-state index is 14.9. The molecule has 5 aromatic rings. The van der Waals surface area contributed by atoms with Gasteiger partial charge in [0.25, 0.3) is 5.56 Å². The van der Waals surface area contributed by atoms with Crippen LogP contribution in [0.15, 0.2) is 82.5 Å². The largest absolute Gasteiger partial charge is 0.508 e. The molecule has 0 saturated heterocycles. The monoisotopic (exact) mass is 761 g/mol. The standard InChI is InChI=1S/C33H26FIN8O5/c1-17-29-28(30(38-31(17)46)37-25-11-8-19(35)13-24(25)34)32(47)43(21-9-10-21)33(48)42(29)22-6-3-5-20(14-22)36-27(45)16-41-15-26(39-40-41)18-4-2-7-23(44)12-18/h2-8,11-15,21,44H,9-10,16H2,1H3,(H,36,45)(H2,37,38,46)/p+1. The Balaban J connectivity index is 1.28. The molecule has 242 valence electrons. The predicted octanol–water partition coefficient (Wildman–Crippen LogP) is 1.13. The first-order chi connectivity index (χ1) is 23.1. The molecule has 0 spiro atoms. The van der Waals surface area contributed by atoms with Gasteiger partial charge >= 0.3 is 11.6 Å². The number of anilines is 2. The molecule has 3 aromatic carbocycles. The lowest BCUT2D eigenvalue weighted by atomic mass is 10.1. The number of carbonyl (C=O) groups excluding carboxylic acids is 2. The van der Waals surface area contributed by atoms with Crippen molar-refractivity contribution in [3.8, 4) is 22.7 Å². The lowest BCUT2D eigenvalue weighted by molar-refractivity contribution is -0.471. The molecule has 0 radical (unpaired) electrons. The third-order valence-corrected chi connectivity index (χ3v) is 8.72. The van der Waals surface area contributed by atoms with Crippen LogP contribution in [0.3, 0.4) is 0 Å². The van der Waals surface area contributed by atoms with Crippen molar-refractivity contribution in [1.29, 1.82) is 0 Å². The maximum absolute atomic E-state index is 14.9. The number of aromatic nitrogens is 5. The average molecular weight is 762 g/mol. The van der Waals surface area contributed by atoms with Crippen LogP contribution >= 0.6 is 22.6 Å². The minimum Gasteiger partial charge on any atom is -0.508 e. The van der Waals surface area contributed by atoms with Crippen molar-refractivity contribution in [2.45, 2.75) is 32.4 Å². The second-order valence-electron chi connectivity index (χ2n) is 11.5. The number of nitrogens with two attached hydrogens (primary N) is 1. The van der Waals surface area contributed by atoms with Crippen LogP contribution in [0.1, 0.15) is 25.8 Å². The minimum absolute atomic E-state index is 0.0692. The van der Waals surface area contributed by atoms with Crippen molar-refractivity contribution in [2.24, 2.45) is 0 Å². The lowest BCUT2D eigenvalue weighted by Gasteiger charge is -2.18. The predicted molar refractivity (Wildman–Crippen MR) is 182 cm³/mol. The lowest BCUT2D eigenvalue weighted by Crippen LogP contribution is -2.91. The molecule has 1 fully saturated rings. The highest BCUT2D eigenvalue weighted by atomic mass is 127. The molecule has 2 aromatic heterocycles. The second kappa shape index (κ2) is 12.3. The van der Waals surface area contributed by atoms with Gasteiger partial charge in [0, 0.05) is 20.9 Å². The molecule has 13 nitrogen and oxygen atoms in total. The molecule has 2 aliphatic rings. The van der Waals surface area contributed by atoms with E-state index < -0.39 is 28.9 Å². The highest BCUT2D eigenvalue weighted by molar-refractivity contribution is 14.1. The van der Waals surface area contributed by atoms with Crippen molar-refractivity contribution >= 4 is 57.2 Å². The topological polar surface area (TPSA) is 170 Å². The third-order valence-electron chi connectivity index (χ3n) is 8.05. The number of phenolic OH excluding ortho intramolecular Hbond substituents is 1. The summed E-state index contributed by atoms with van der Waals surface area (Å²) in [7, 11) is 0. The Bertz CT molecular complexity index is 2410. The Hall–Kier alpha value is -5.42. The molecule has 0 atom stereocenters. The van der Waals surface area contributed by atoms with Gasteiger partial charge in [0.1, 0.15) is 29.0 Å². The number of amides is 2. The molecule has 1 saturated carbocycles. The fourth-order valence-corrected chi connectivity index (χ4v) is 6.08. The molecule has 2 amide bonds. The van der Waals surface area contributed by atoms with Gasteiger partial charge in [-0.3, -0.25) is 18.7 Å². The number of primary amides is 1. The molecule has 1 aliphatic heterocycles. The number of quaternary nitrogens is 1. The first kappa shape index (κ1) is 31.2. The number of phenols is 1. The summed E-state index contributed by atoms with van der Waals surface area (Å²) in [5, 5.41) is 25.0. The first-order valence-electron chi connectivity index (χ1n) is 14.9. The number of halogens is 2. The van der Waals surface area contributed by atoms with E-state index in [0.29, 0.717) is 39.0 Å². The van der Waals surface area contributed by atoms with E-state index in [2.05, 4.69) is 20.9 Å². The van der Waals surface area contributed by atoms with E-state index in [4.69, 9.17) is 0 Å². The molecule has 3 heterocycles. The van der Waals surface area contributed by atoms with Gasteiger partial charge in [-0.1, -0.05) is 23.4 Å². The maximum Gasteiger partial charge on any atom is 0.346 e. The zero-order valence-corrected chi connectivity index (χ0v) is 27.4. The van der Waals surface area contributed by atoms with E-state index >= 15 is 0 Å². The smallest absolute Gasteiger partial charge is 0.346 e. The summed E-state index contributed by atoms with van der Waals surface area (Å²) in [5.74, 6) is -1.29. The van der Waals surface area contributed by atoms with Crippen LogP contribution < -0.4 is 37.8 Å². The van der Waals surface area contributed by atoms with E-state index in [9.17, 15) is 28.7 Å². The van der Waals surface area contributed by atoms with E-state index in [1.807, 2.05) is 22.6 Å². The molecule has 7 rings (SSSR count). The van der Waals surface area contributed by atoms with Crippen LogP contribution in [0.25, 0.3) is 28.3 Å². The van der Waals surface area contributed by atoms with Crippen LogP contribution in [0.5, 0.6) is 5.75 Å². The highest BCUT2D eigenvalue weighted by Gasteiger charge is 2.33. The number of benzene rings is 3. The van der Waals surface area contributed by atoms with Gasteiger partial charge in [-0.15, -0.1) is 5.10 Å². The number of nitrogens with one attached hydrogen (secondary N) is 2. The SMILES string of the molecule is CC1=c2c(c(=O)n(C3CC3)c(=O)n2-c2cccc(NC(=O)Cn3cc(-c4cccc(O)c4)nn3)c2)=C(Nc2ccc(I)cc2F)[NH2+]C1=O. The van der Waals surface area contributed by atoms with E-state index in [-0.39, 0.29) is 46.0 Å². The van der Waals surface area contributed by atoms with Crippen LogP contribution in [-0.2, 0) is 16.1 Å². The molecular weight excluding hydrogens is 734 g/mol. The fraction of sp³-hybridized carbons (Fsp3) is 0.152. The molecule has 5 N–H and O–H groups in total. The van der Waals surface area contributed by atoms with Gasteiger partial charge in [-0.05, 0) is 90.9 Å². The van der Waals surface area contributed by atoms with Gasteiger partial charge in [0.15, 0.2) is 0 Å². The van der Waals surface area contributed by atoms with Crippen LogP contribution in [0, 0.1) is 9.39 Å². The van der Waals surface area contributed by atoms with Crippen molar-refractivity contribution in [1.82, 2.24) is 24.1 Å². The molecular formula is C33H27FIN8O5+. The summed E-state index contributed by atoms with van der Waals surface area (Å²) in [6.07, 6.45) is 2.85. The Labute approximate surface area is 284 Å². The van der Waals surface area contributed by atoms with Crippen LogP contribution in [0.4, 0.5) is 15.8 Å². The zero-order valence-electron chi connectivity index (χ0n) is 25.3. The second-order valence-corrected chi connectivity index (χ2v) is 12.7. The summed E-state index contributed by atoms with van der Waals surface area (Å²) < 4.78 is 19.4. The van der Waals surface area contributed by atoms with Crippen molar-refractivity contribution in [3.05, 3.63) is 114 Å². The number of aromatic hydroxyl groups is 1. The summed E-state index contributed by atoms with van der Waals surface area (Å²) >= 11 is 1.98. The Morgan fingerprint density at radius 3 is 2.62 bits per heavy atom. The summed E-state index contributed by atoms with van der Waals surface area (Å²) in [6, 6.07) is 17.2. The summed E-state index contributed by atoms with van der Waals surface area (Å²) in [5.41, 5.74) is 0.811. The molecule has 48 heavy (non-hydrogen) atoms. The van der Waals surface area contributed by atoms with Gasteiger partial charge in [-0.25, -0.2) is 24.0 Å². The number of hydrogen-bond donors (Lipinski definition) is 4. The fourth-order valence-electron chi connectivity index (χ4n) is 5.62. The Morgan fingerprint density at radius 2 is 1.88 bits per heavy atom. The van der Waals surface area contributed by atoms with Gasteiger partial charge in [0.05, 0.1) is 28.5 Å². The molecule has 15 heteroatoms. The molecule has 0 unspecified atom stereocenters. The number of rotatable bonds is 8. The normalized spacial score (nSPS) is 14.2. The van der Waals surface area contributed by atoms with E-state index in [1.54, 1.807) is 48.7 Å².